The quantitative estimate of drug-likeness (QED) is 0.672. The van der Waals surface area contributed by atoms with E-state index in [-0.39, 0.29) is 12.2 Å². The van der Waals surface area contributed by atoms with E-state index < -0.39 is 0 Å². The number of benzene rings is 1. The maximum absolute atomic E-state index is 12.4. The van der Waals surface area contributed by atoms with Crippen LogP contribution in [-0.4, -0.2) is 15.6 Å². The van der Waals surface area contributed by atoms with Crippen LogP contribution in [0.1, 0.15) is 35.6 Å². The van der Waals surface area contributed by atoms with Gasteiger partial charge in [-0.25, -0.2) is 0 Å². The fourth-order valence-electron chi connectivity index (χ4n) is 2.14. The Bertz CT molecular complexity index is 680. The molecule has 2 aromatic rings. The lowest BCUT2D eigenvalue weighted by Gasteiger charge is -2.06. The first kappa shape index (κ1) is 15.9. The molecule has 6 heteroatoms. The van der Waals surface area contributed by atoms with Gasteiger partial charge in [0.2, 0.25) is 0 Å². The Morgan fingerprint density at radius 2 is 2.05 bits per heavy atom. The van der Waals surface area contributed by atoms with Crippen molar-refractivity contribution >= 4 is 34.7 Å². The molecule has 0 bridgehead atoms. The van der Waals surface area contributed by atoms with E-state index in [0.717, 1.165) is 17.8 Å². The van der Waals surface area contributed by atoms with Crippen LogP contribution in [0.4, 0.5) is 5.69 Å². The number of aryl methyl sites for hydroxylation is 2. The van der Waals surface area contributed by atoms with Crippen LogP contribution in [-0.2, 0) is 19.4 Å². The predicted octanol–water partition coefficient (Wildman–Crippen LogP) is 3.78. The summed E-state index contributed by atoms with van der Waals surface area (Å²) in [5.41, 5.74) is 8.19. The van der Waals surface area contributed by atoms with Gasteiger partial charge < -0.3 is 5.73 Å². The summed E-state index contributed by atoms with van der Waals surface area (Å²) in [6.07, 6.45) is 0.931. The number of nitrogens with two attached hydrogens (primary N) is 1. The molecule has 0 aliphatic heterocycles. The number of nitrogens with zero attached hydrogens (tertiary/aromatic N) is 2. The van der Waals surface area contributed by atoms with Crippen LogP contribution in [0.25, 0.3) is 0 Å². The lowest BCUT2D eigenvalue weighted by molar-refractivity contribution is 0.0990. The van der Waals surface area contributed by atoms with Gasteiger partial charge in [-0.1, -0.05) is 30.1 Å². The van der Waals surface area contributed by atoms with E-state index >= 15 is 0 Å². The molecule has 21 heavy (non-hydrogen) atoms. The molecule has 0 aliphatic rings. The monoisotopic (exact) mass is 325 g/mol. The zero-order valence-corrected chi connectivity index (χ0v) is 13.5. The molecule has 4 nitrogen and oxygen atoms in total. The van der Waals surface area contributed by atoms with E-state index in [1.165, 1.54) is 0 Å². The van der Waals surface area contributed by atoms with Gasteiger partial charge in [-0.15, -0.1) is 0 Å². The fraction of sp³-hybridized carbons (Fsp3) is 0.333. The molecule has 0 saturated heterocycles. The normalized spacial score (nSPS) is 10.9. The fourth-order valence-corrected chi connectivity index (χ4v) is 2.66. The zero-order chi connectivity index (χ0) is 15.6. The highest BCUT2D eigenvalue weighted by molar-refractivity contribution is 6.33. The molecule has 0 spiro atoms. The molecule has 0 fully saturated rings. The zero-order valence-electron chi connectivity index (χ0n) is 12.0. The Balaban J connectivity index is 2.31. The summed E-state index contributed by atoms with van der Waals surface area (Å²) in [4.78, 5) is 12.4. The first-order valence-electron chi connectivity index (χ1n) is 6.80. The summed E-state index contributed by atoms with van der Waals surface area (Å²) in [6, 6.07) is 4.89. The van der Waals surface area contributed by atoms with Crippen LogP contribution in [0.15, 0.2) is 18.2 Å². The summed E-state index contributed by atoms with van der Waals surface area (Å²) in [5, 5.41) is 5.37. The Morgan fingerprint density at radius 3 is 2.62 bits per heavy atom. The molecular weight excluding hydrogens is 309 g/mol. The summed E-state index contributed by atoms with van der Waals surface area (Å²) in [6.45, 7) is 4.63. The van der Waals surface area contributed by atoms with Gasteiger partial charge in [0.25, 0.3) is 0 Å². The molecular formula is C15H17Cl2N3O. The molecule has 0 amide bonds. The van der Waals surface area contributed by atoms with Crippen LogP contribution < -0.4 is 5.73 Å². The second kappa shape index (κ2) is 6.50. The number of carbonyl (C=O) groups is 1. The molecule has 1 heterocycles. The van der Waals surface area contributed by atoms with Gasteiger partial charge in [-0.3, -0.25) is 9.48 Å². The van der Waals surface area contributed by atoms with E-state index in [0.29, 0.717) is 27.8 Å². The molecule has 0 radical (unpaired) electrons. The van der Waals surface area contributed by atoms with Crippen molar-refractivity contribution in [3.8, 4) is 0 Å². The minimum Gasteiger partial charge on any atom is -0.398 e. The van der Waals surface area contributed by atoms with E-state index in [1.807, 2.05) is 13.8 Å². The average Bonchev–Trinajstić information content (AvgIpc) is 2.78. The lowest BCUT2D eigenvalue weighted by atomic mass is 10.1. The van der Waals surface area contributed by atoms with E-state index in [4.69, 9.17) is 28.9 Å². The highest BCUT2D eigenvalue weighted by Gasteiger charge is 2.18. The van der Waals surface area contributed by atoms with Gasteiger partial charge in [0.15, 0.2) is 5.78 Å². The van der Waals surface area contributed by atoms with Crippen molar-refractivity contribution in [2.45, 2.75) is 33.2 Å². The maximum Gasteiger partial charge on any atom is 0.168 e. The molecule has 1 aromatic heterocycles. The smallest absolute Gasteiger partial charge is 0.168 e. The van der Waals surface area contributed by atoms with Crippen molar-refractivity contribution in [3.63, 3.8) is 0 Å². The minimum atomic E-state index is -0.0592. The van der Waals surface area contributed by atoms with Crippen LogP contribution >= 0.6 is 23.2 Å². The largest absolute Gasteiger partial charge is 0.398 e. The third kappa shape index (κ3) is 3.22. The number of halogens is 2. The van der Waals surface area contributed by atoms with Crippen LogP contribution in [0.5, 0.6) is 0 Å². The van der Waals surface area contributed by atoms with Crippen LogP contribution in [0, 0.1) is 0 Å². The van der Waals surface area contributed by atoms with Gasteiger partial charge in [0.1, 0.15) is 0 Å². The number of Topliss-reactive ketones (excluding diaryl/α,β-unsaturated/α-hetero) is 1. The number of anilines is 1. The molecule has 0 saturated carbocycles. The number of hydrogen-bond donors (Lipinski definition) is 1. The molecule has 0 aliphatic carbocycles. The number of hydrogen-bond acceptors (Lipinski definition) is 3. The van der Waals surface area contributed by atoms with E-state index in [1.54, 1.807) is 22.9 Å². The Labute approximate surface area is 133 Å². The molecule has 1 aromatic carbocycles. The van der Waals surface area contributed by atoms with E-state index in [9.17, 15) is 4.79 Å². The Hall–Kier alpha value is -1.52. The number of rotatable bonds is 5. The van der Waals surface area contributed by atoms with Crippen LogP contribution in [0.2, 0.25) is 10.0 Å². The SMILES string of the molecule is CCc1nn(CC)c(CC(=O)c2ccc(N)c(Cl)c2)c1Cl. The third-order valence-corrected chi connectivity index (χ3v) is 4.11. The maximum atomic E-state index is 12.4. The predicted molar refractivity (Wildman–Crippen MR) is 86.2 cm³/mol. The van der Waals surface area contributed by atoms with E-state index in [2.05, 4.69) is 5.10 Å². The minimum absolute atomic E-state index is 0.0592. The second-order valence-corrected chi connectivity index (χ2v) is 5.50. The van der Waals surface area contributed by atoms with Crippen molar-refractivity contribution in [3.05, 3.63) is 45.2 Å². The summed E-state index contributed by atoms with van der Waals surface area (Å²) >= 11 is 12.3. The average molecular weight is 326 g/mol. The van der Waals surface area contributed by atoms with Gasteiger partial charge in [-0.2, -0.15) is 5.10 Å². The topological polar surface area (TPSA) is 60.9 Å². The standard InChI is InChI=1S/C15H17Cl2N3O/c1-3-12-15(17)13(20(4-2)19-12)8-14(21)9-5-6-11(18)10(16)7-9/h5-7H,3-4,8,18H2,1-2H3. The highest BCUT2D eigenvalue weighted by Crippen LogP contribution is 2.25. The summed E-state index contributed by atoms with van der Waals surface area (Å²) in [5.74, 6) is -0.0592. The Morgan fingerprint density at radius 1 is 1.33 bits per heavy atom. The number of carbonyl (C=O) groups excluding carboxylic acids is 1. The molecule has 0 unspecified atom stereocenters. The molecule has 0 atom stereocenters. The first-order chi connectivity index (χ1) is 9.97. The lowest BCUT2D eigenvalue weighted by Crippen LogP contribution is -2.10. The molecule has 112 valence electrons. The molecule has 2 rings (SSSR count). The second-order valence-electron chi connectivity index (χ2n) is 4.71. The van der Waals surface area contributed by atoms with Crippen molar-refractivity contribution in [2.75, 3.05) is 5.73 Å². The van der Waals surface area contributed by atoms with Crippen molar-refractivity contribution in [2.24, 2.45) is 0 Å². The van der Waals surface area contributed by atoms with Gasteiger partial charge in [-0.05, 0) is 31.5 Å². The highest BCUT2D eigenvalue weighted by atomic mass is 35.5. The third-order valence-electron chi connectivity index (χ3n) is 3.34. The van der Waals surface area contributed by atoms with Crippen molar-refractivity contribution < 1.29 is 4.79 Å². The summed E-state index contributed by atoms with van der Waals surface area (Å²) in [7, 11) is 0. The van der Waals surface area contributed by atoms with Crippen LogP contribution in [0.3, 0.4) is 0 Å². The molecule has 2 N–H and O–H groups in total. The number of nitrogen functional groups attached to an aromatic ring is 1. The number of ketones is 1. The summed E-state index contributed by atoms with van der Waals surface area (Å²) < 4.78 is 1.78. The van der Waals surface area contributed by atoms with Gasteiger partial charge in [0.05, 0.1) is 33.5 Å². The van der Waals surface area contributed by atoms with Gasteiger partial charge in [0, 0.05) is 12.1 Å². The Kier molecular flexibility index (Phi) is 4.91. The van der Waals surface area contributed by atoms with Gasteiger partial charge >= 0.3 is 0 Å². The van der Waals surface area contributed by atoms with Crippen molar-refractivity contribution in [1.29, 1.82) is 0 Å². The number of aromatic nitrogens is 2. The first-order valence-corrected chi connectivity index (χ1v) is 7.55. The van der Waals surface area contributed by atoms with Crippen molar-refractivity contribution in [1.82, 2.24) is 9.78 Å².